The van der Waals surface area contributed by atoms with E-state index in [1.54, 1.807) is 0 Å². The Hall–Kier alpha value is -3.01. The van der Waals surface area contributed by atoms with Crippen LogP contribution in [0.15, 0.2) is 48.0 Å². The van der Waals surface area contributed by atoms with E-state index in [0.29, 0.717) is 5.56 Å². The van der Waals surface area contributed by atoms with Crippen molar-refractivity contribution in [3.8, 4) is 11.8 Å². The number of nitrogens with zero attached hydrogens (tertiary/aromatic N) is 1. The van der Waals surface area contributed by atoms with Crippen LogP contribution in [0, 0.1) is 11.3 Å². The molecular formula is C19H14Cl2N2O4. The first-order chi connectivity index (χ1) is 12.9. The fourth-order valence-electron chi connectivity index (χ4n) is 2.12. The Bertz CT molecular complexity index is 898. The fraction of sp³-hybridized carbons (Fsp3) is 0.105. The van der Waals surface area contributed by atoms with Gasteiger partial charge < -0.3 is 15.2 Å². The molecule has 2 aromatic rings. The summed E-state index contributed by atoms with van der Waals surface area (Å²) in [6, 6.07) is 13.9. The molecule has 0 aliphatic heterocycles. The Balaban J connectivity index is 2.15. The van der Waals surface area contributed by atoms with E-state index in [4.69, 9.17) is 33.0 Å². The van der Waals surface area contributed by atoms with Gasteiger partial charge in [0.25, 0.3) is 5.91 Å². The number of nitrogens with one attached hydrogen (secondary N) is 1. The summed E-state index contributed by atoms with van der Waals surface area (Å²) in [4.78, 5) is 22.8. The molecule has 0 aliphatic carbocycles. The average Bonchev–Trinajstić information content (AvgIpc) is 2.64. The number of nitriles is 1. The molecule has 2 rings (SSSR count). The maximum atomic E-state index is 12.2. The Morgan fingerprint density at radius 1 is 1.19 bits per heavy atom. The number of hydrogen-bond donors (Lipinski definition) is 2. The van der Waals surface area contributed by atoms with Crippen LogP contribution in [0.5, 0.6) is 5.75 Å². The summed E-state index contributed by atoms with van der Waals surface area (Å²) in [5.74, 6) is -1.70. The second-order valence-corrected chi connectivity index (χ2v) is 6.15. The van der Waals surface area contributed by atoms with Gasteiger partial charge in [0, 0.05) is 6.54 Å². The zero-order valence-corrected chi connectivity index (χ0v) is 15.4. The Labute approximate surface area is 165 Å². The Kier molecular flexibility index (Phi) is 7.24. The molecule has 138 valence electrons. The molecule has 0 atom stereocenters. The number of ether oxygens (including phenoxy) is 1. The molecule has 0 unspecified atom stereocenters. The molecular weight excluding hydrogens is 391 g/mol. The van der Waals surface area contributed by atoms with Gasteiger partial charge in [0.15, 0.2) is 12.4 Å². The number of hydrogen-bond acceptors (Lipinski definition) is 4. The molecule has 2 N–H and O–H groups in total. The molecule has 0 aromatic heterocycles. The summed E-state index contributed by atoms with van der Waals surface area (Å²) in [6.45, 7) is -0.317. The number of aliphatic carboxylic acids is 1. The minimum Gasteiger partial charge on any atom is -0.479 e. The zero-order chi connectivity index (χ0) is 19.8. The maximum absolute atomic E-state index is 12.2. The first-order valence-electron chi connectivity index (χ1n) is 7.68. The fourth-order valence-corrected chi connectivity index (χ4v) is 2.74. The summed E-state index contributed by atoms with van der Waals surface area (Å²) < 4.78 is 5.02. The zero-order valence-electron chi connectivity index (χ0n) is 13.9. The molecule has 0 aliphatic rings. The summed E-state index contributed by atoms with van der Waals surface area (Å²) in [5.41, 5.74) is 1.17. The third-order valence-electron chi connectivity index (χ3n) is 3.33. The molecule has 1 amide bonds. The first-order valence-corrected chi connectivity index (χ1v) is 8.44. The molecule has 2 aromatic carbocycles. The lowest BCUT2D eigenvalue weighted by Gasteiger charge is -2.09. The van der Waals surface area contributed by atoms with Crippen LogP contribution in [0.1, 0.15) is 11.1 Å². The molecule has 0 heterocycles. The van der Waals surface area contributed by atoms with Crippen molar-refractivity contribution >= 4 is 41.2 Å². The van der Waals surface area contributed by atoms with Crippen LogP contribution in [0.4, 0.5) is 0 Å². The number of carboxylic acid groups (broad SMARTS) is 1. The van der Waals surface area contributed by atoms with E-state index in [0.717, 1.165) is 5.56 Å². The summed E-state index contributed by atoms with van der Waals surface area (Å²) >= 11 is 12.1. The van der Waals surface area contributed by atoms with E-state index in [1.165, 1.54) is 18.2 Å². The average molecular weight is 405 g/mol. The van der Waals surface area contributed by atoms with Crippen molar-refractivity contribution in [2.24, 2.45) is 0 Å². The van der Waals surface area contributed by atoms with Gasteiger partial charge in [0.05, 0.1) is 10.0 Å². The second-order valence-electron chi connectivity index (χ2n) is 5.33. The maximum Gasteiger partial charge on any atom is 0.341 e. The third kappa shape index (κ3) is 6.03. The largest absolute Gasteiger partial charge is 0.479 e. The quantitative estimate of drug-likeness (QED) is 0.541. The van der Waals surface area contributed by atoms with E-state index in [2.05, 4.69) is 5.32 Å². The van der Waals surface area contributed by atoms with Crippen molar-refractivity contribution in [3.63, 3.8) is 0 Å². The van der Waals surface area contributed by atoms with Gasteiger partial charge >= 0.3 is 5.97 Å². The summed E-state index contributed by atoms with van der Waals surface area (Å²) in [5, 5.41) is 20.7. The predicted octanol–water partition coefficient (Wildman–Crippen LogP) is 3.68. The SMILES string of the molecule is N#CC(=Cc1cc(Cl)c(OCC(=O)O)c(Cl)c1)C(=O)NCc1ccccc1. The molecule has 0 saturated heterocycles. The molecule has 0 saturated carbocycles. The summed E-state index contributed by atoms with van der Waals surface area (Å²) in [7, 11) is 0. The lowest BCUT2D eigenvalue weighted by molar-refractivity contribution is -0.139. The van der Waals surface area contributed by atoms with Crippen molar-refractivity contribution in [1.82, 2.24) is 5.32 Å². The van der Waals surface area contributed by atoms with E-state index < -0.39 is 18.5 Å². The monoisotopic (exact) mass is 404 g/mol. The number of rotatable bonds is 7. The van der Waals surface area contributed by atoms with Gasteiger partial charge in [0.2, 0.25) is 0 Å². The van der Waals surface area contributed by atoms with Crippen molar-refractivity contribution in [2.45, 2.75) is 6.54 Å². The minimum absolute atomic E-state index is 0.0184. The lowest BCUT2D eigenvalue weighted by atomic mass is 10.1. The Morgan fingerprint density at radius 2 is 1.81 bits per heavy atom. The Morgan fingerprint density at radius 3 is 2.37 bits per heavy atom. The highest BCUT2D eigenvalue weighted by molar-refractivity contribution is 6.37. The highest BCUT2D eigenvalue weighted by Crippen LogP contribution is 2.34. The normalized spacial score (nSPS) is 10.8. The van der Waals surface area contributed by atoms with Crippen molar-refractivity contribution in [2.75, 3.05) is 6.61 Å². The van der Waals surface area contributed by atoms with Gasteiger partial charge in [-0.05, 0) is 29.3 Å². The molecule has 0 spiro atoms. The van der Waals surface area contributed by atoms with Gasteiger partial charge in [-0.1, -0.05) is 53.5 Å². The van der Waals surface area contributed by atoms with Gasteiger partial charge in [-0.3, -0.25) is 4.79 Å². The van der Waals surface area contributed by atoms with Crippen molar-refractivity contribution < 1.29 is 19.4 Å². The van der Waals surface area contributed by atoms with Crippen LogP contribution < -0.4 is 10.1 Å². The smallest absolute Gasteiger partial charge is 0.341 e. The van der Waals surface area contributed by atoms with Gasteiger partial charge in [-0.2, -0.15) is 5.26 Å². The van der Waals surface area contributed by atoms with E-state index >= 15 is 0 Å². The van der Waals surface area contributed by atoms with Crippen LogP contribution in [0.3, 0.4) is 0 Å². The van der Waals surface area contributed by atoms with Crippen LogP contribution in [-0.4, -0.2) is 23.6 Å². The molecule has 6 nitrogen and oxygen atoms in total. The van der Waals surface area contributed by atoms with E-state index in [1.807, 2.05) is 36.4 Å². The molecule has 27 heavy (non-hydrogen) atoms. The number of carboxylic acids is 1. The standard InChI is InChI=1S/C19H14Cl2N2O4/c20-15-7-13(8-16(21)18(15)27-11-17(24)25)6-14(9-22)19(26)23-10-12-4-2-1-3-5-12/h1-8H,10-11H2,(H,23,26)(H,24,25). The highest BCUT2D eigenvalue weighted by Gasteiger charge is 2.13. The number of halogens is 2. The minimum atomic E-state index is -1.17. The van der Waals surface area contributed by atoms with Crippen LogP contribution in [0.2, 0.25) is 10.0 Å². The van der Waals surface area contributed by atoms with Crippen LogP contribution in [-0.2, 0) is 16.1 Å². The van der Waals surface area contributed by atoms with Gasteiger partial charge in [-0.25, -0.2) is 4.79 Å². The molecule has 0 radical (unpaired) electrons. The number of carbonyl (C=O) groups excluding carboxylic acids is 1. The third-order valence-corrected chi connectivity index (χ3v) is 3.89. The number of carbonyl (C=O) groups is 2. The van der Waals surface area contributed by atoms with Gasteiger partial charge in [0.1, 0.15) is 11.6 Å². The molecule has 8 heteroatoms. The molecule has 0 fully saturated rings. The lowest BCUT2D eigenvalue weighted by Crippen LogP contribution is -2.23. The van der Waals surface area contributed by atoms with E-state index in [-0.39, 0.29) is 27.9 Å². The van der Waals surface area contributed by atoms with Crippen LogP contribution >= 0.6 is 23.2 Å². The predicted molar refractivity (Wildman–Crippen MR) is 101 cm³/mol. The van der Waals surface area contributed by atoms with Crippen molar-refractivity contribution in [1.29, 1.82) is 5.26 Å². The number of amides is 1. The highest BCUT2D eigenvalue weighted by atomic mass is 35.5. The van der Waals surface area contributed by atoms with Crippen LogP contribution in [0.25, 0.3) is 6.08 Å². The number of benzene rings is 2. The molecule has 0 bridgehead atoms. The summed E-state index contributed by atoms with van der Waals surface area (Å²) in [6.07, 6.45) is 1.33. The topological polar surface area (TPSA) is 99.4 Å². The van der Waals surface area contributed by atoms with E-state index in [9.17, 15) is 14.9 Å². The van der Waals surface area contributed by atoms with Gasteiger partial charge in [-0.15, -0.1) is 0 Å². The van der Waals surface area contributed by atoms with Crippen molar-refractivity contribution in [3.05, 3.63) is 69.2 Å². The second kappa shape index (κ2) is 9.62. The first kappa shape index (κ1) is 20.3.